The van der Waals surface area contributed by atoms with Crippen molar-refractivity contribution in [1.82, 2.24) is 4.98 Å². The number of hydrogen-bond donors (Lipinski definition) is 1. The number of benzene rings is 1. The number of halogens is 1. The number of aromatic amines is 1. The molecule has 14 heavy (non-hydrogen) atoms. The van der Waals surface area contributed by atoms with Crippen LogP contribution in [0, 0.1) is 0 Å². The van der Waals surface area contributed by atoms with E-state index in [1.54, 1.807) is 0 Å². The minimum absolute atomic E-state index is 0.306. The van der Waals surface area contributed by atoms with Crippen LogP contribution in [0.15, 0.2) is 30.5 Å². The Labute approximate surface area is 86.8 Å². The molecule has 2 heterocycles. The maximum absolute atomic E-state index is 6.41. The molecule has 0 radical (unpaired) electrons. The Bertz CT molecular complexity index is 473. The number of aromatic nitrogens is 1. The number of hydrogen-bond acceptors (Lipinski definition) is 1. The first kappa shape index (κ1) is 8.33. The van der Waals surface area contributed by atoms with Gasteiger partial charge in [-0.05, 0) is 6.07 Å². The molecule has 1 aliphatic rings. The molecule has 72 valence electrons. The molecule has 0 amide bonds. The molecule has 1 fully saturated rings. The molecule has 1 aromatic heterocycles. The van der Waals surface area contributed by atoms with Crippen molar-refractivity contribution in [2.75, 3.05) is 13.2 Å². The van der Waals surface area contributed by atoms with Crippen molar-refractivity contribution in [3.8, 4) is 0 Å². The summed E-state index contributed by atoms with van der Waals surface area (Å²) in [7, 11) is 0. The fourth-order valence-corrected chi connectivity index (χ4v) is 2.19. The highest BCUT2D eigenvalue weighted by Gasteiger charge is 2.39. The van der Waals surface area contributed by atoms with Gasteiger partial charge in [-0.25, -0.2) is 0 Å². The summed E-state index contributed by atoms with van der Waals surface area (Å²) in [6.07, 6.45) is 1.99. The molecule has 2 aromatic rings. The second kappa shape index (κ2) is 2.75. The highest BCUT2D eigenvalue weighted by molar-refractivity contribution is 6.25. The molecular formula is C11H10ClNO. The van der Waals surface area contributed by atoms with Crippen LogP contribution in [-0.2, 0) is 9.61 Å². The lowest BCUT2D eigenvalue weighted by Gasteiger charge is -2.35. The van der Waals surface area contributed by atoms with Crippen LogP contribution in [0.5, 0.6) is 0 Å². The van der Waals surface area contributed by atoms with Gasteiger partial charge in [-0.3, -0.25) is 0 Å². The van der Waals surface area contributed by atoms with E-state index in [4.69, 9.17) is 16.3 Å². The molecule has 0 spiro atoms. The van der Waals surface area contributed by atoms with Gasteiger partial charge in [0.1, 0.15) is 4.87 Å². The molecule has 0 unspecified atom stereocenters. The Hall–Kier alpha value is -0.990. The lowest BCUT2D eigenvalue weighted by Crippen LogP contribution is -2.41. The zero-order valence-electron chi connectivity index (χ0n) is 7.59. The number of rotatable bonds is 1. The van der Waals surface area contributed by atoms with Crippen LogP contribution in [0.1, 0.15) is 5.56 Å². The van der Waals surface area contributed by atoms with E-state index in [0.717, 1.165) is 11.1 Å². The minimum atomic E-state index is -0.306. The third kappa shape index (κ3) is 1.01. The van der Waals surface area contributed by atoms with Gasteiger partial charge in [0, 0.05) is 22.7 Å². The van der Waals surface area contributed by atoms with Gasteiger partial charge in [0.05, 0.1) is 13.2 Å². The topological polar surface area (TPSA) is 25.0 Å². The first-order valence-corrected chi connectivity index (χ1v) is 5.01. The van der Waals surface area contributed by atoms with Crippen molar-refractivity contribution >= 4 is 22.5 Å². The fourth-order valence-electron chi connectivity index (χ4n) is 1.88. The second-order valence-corrected chi connectivity index (χ2v) is 4.43. The normalized spacial score (nSPS) is 19.5. The van der Waals surface area contributed by atoms with E-state index in [1.807, 2.05) is 18.3 Å². The average Bonchev–Trinajstić information content (AvgIpc) is 2.58. The summed E-state index contributed by atoms with van der Waals surface area (Å²) >= 11 is 6.41. The quantitative estimate of drug-likeness (QED) is 0.715. The number of fused-ring (bicyclic) bond motifs is 1. The van der Waals surface area contributed by atoms with E-state index in [1.165, 1.54) is 5.39 Å². The van der Waals surface area contributed by atoms with Crippen LogP contribution >= 0.6 is 11.6 Å². The van der Waals surface area contributed by atoms with Crippen molar-refractivity contribution in [3.63, 3.8) is 0 Å². The van der Waals surface area contributed by atoms with Gasteiger partial charge in [0.25, 0.3) is 0 Å². The predicted molar refractivity (Wildman–Crippen MR) is 56.6 cm³/mol. The molecule has 3 heteroatoms. The molecule has 2 nitrogen and oxygen atoms in total. The van der Waals surface area contributed by atoms with Gasteiger partial charge in [0.15, 0.2) is 0 Å². The molecule has 3 rings (SSSR count). The monoisotopic (exact) mass is 207 g/mol. The average molecular weight is 208 g/mol. The lowest BCUT2D eigenvalue weighted by atomic mass is 9.96. The van der Waals surface area contributed by atoms with Crippen molar-refractivity contribution in [1.29, 1.82) is 0 Å². The number of alkyl halides is 1. The third-order valence-corrected chi connectivity index (χ3v) is 3.16. The third-order valence-electron chi connectivity index (χ3n) is 2.73. The largest absolute Gasteiger partial charge is 0.377 e. The summed E-state index contributed by atoms with van der Waals surface area (Å²) in [6.45, 7) is 1.22. The Kier molecular flexibility index (Phi) is 1.64. The van der Waals surface area contributed by atoms with Crippen LogP contribution in [-0.4, -0.2) is 18.2 Å². The van der Waals surface area contributed by atoms with Crippen molar-refractivity contribution in [2.24, 2.45) is 0 Å². The van der Waals surface area contributed by atoms with Gasteiger partial charge in [-0.15, -0.1) is 11.6 Å². The molecule has 0 saturated carbocycles. The fraction of sp³-hybridized carbons (Fsp3) is 0.273. The van der Waals surface area contributed by atoms with Crippen LogP contribution in [0.25, 0.3) is 10.9 Å². The standard InChI is InChI=1S/C11H10ClNO/c12-11(6-14-7-11)9-5-13-10-4-2-1-3-8(9)10/h1-5,13H,6-7H2. The predicted octanol–water partition coefficient (Wildman–Crippen LogP) is 2.63. The van der Waals surface area contributed by atoms with Crippen molar-refractivity contribution in [3.05, 3.63) is 36.0 Å². The zero-order chi connectivity index (χ0) is 9.60. The summed E-state index contributed by atoms with van der Waals surface area (Å²) in [5.41, 5.74) is 2.29. The van der Waals surface area contributed by atoms with Gasteiger partial charge >= 0.3 is 0 Å². The molecule has 1 N–H and O–H groups in total. The summed E-state index contributed by atoms with van der Waals surface area (Å²) < 4.78 is 5.16. The summed E-state index contributed by atoms with van der Waals surface area (Å²) in [5.74, 6) is 0. The second-order valence-electron chi connectivity index (χ2n) is 3.71. The summed E-state index contributed by atoms with van der Waals surface area (Å²) in [6, 6.07) is 8.18. The Morgan fingerprint density at radius 2 is 2.07 bits per heavy atom. The van der Waals surface area contributed by atoms with E-state index in [0.29, 0.717) is 13.2 Å². The number of H-pyrrole nitrogens is 1. The zero-order valence-corrected chi connectivity index (χ0v) is 8.34. The van der Waals surface area contributed by atoms with Crippen molar-refractivity contribution in [2.45, 2.75) is 4.87 Å². The maximum atomic E-state index is 6.41. The summed E-state index contributed by atoms with van der Waals surface area (Å²) in [5, 5.41) is 1.20. The highest BCUT2D eigenvalue weighted by Crippen LogP contribution is 2.39. The van der Waals surface area contributed by atoms with Crippen LogP contribution in [0.4, 0.5) is 0 Å². The Morgan fingerprint density at radius 3 is 2.79 bits per heavy atom. The number of nitrogens with one attached hydrogen (secondary N) is 1. The first-order valence-electron chi connectivity index (χ1n) is 4.63. The highest BCUT2D eigenvalue weighted by atomic mass is 35.5. The lowest BCUT2D eigenvalue weighted by molar-refractivity contribution is -0.0145. The van der Waals surface area contributed by atoms with Crippen molar-refractivity contribution < 1.29 is 4.74 Å². The molecule has 0 aliphatic carbocycles. The first-order chi connectivity index (χ1) is 6.80. The van der Waals surface area contributed by atoms with Gasteiger partial charge < -0.3 is 9.72 Å². The number of para-hydroxylation sites is 1. The van der Waals surface area contributed by atoms with E-state index in [2.05, 4.69) is 17.1 Å². The molecule has 0 bridgehead atoms. The molecule has 0 atom stereocenters. The SMILES string of the molecule is ClC1(c2c[nH]c3ccccc23)COC1. The molecular weight excluding hydrogens is 198 g/mol. The summed E-state index contributed by atoms with van der Waals surface area (Å²) in [4.78, 5) is 2.92. The van der Waals surface area contributed by atoms with E-state index in [-0.39, 0.29) is 4.87 Å². The Morgan fingerprint density at radius 1 is 1.29 bits per heavy atom. The minimum Gasteiger partial charge on any atom is -0.377 e. The smallest absolute Gasteiger partial charge is 0.118 e. The van der Waals surface area contributed by atoms with E-state index < -0.39 is 0 Å². The van der Waals surface area contributed by atoms with Gasteiger partial charge in [-0.2, -0.15) is 0 Å². The van der Waals surface area contributed by atoms with Crippen LogP contribution in [0.2, 0.25) is 0 Å². The molecule has 1 saturated heterocycles. The maximum Gasteiger partial charge on any atom is 0.118 e. The molecule has 1 aliphatic heterocycles. The Balaban J connectivity index is 2.22. The number of ether oxygens (including phenoxy) is 1. The van der Waals surface area contributed by atoms with Crippen LogP contribution in [0.3, 0.4) is 0 Å². The van der Waals surface area contributed by atoms with Gasteiger partial charge in [-0.1, -0.05) is 18.2 Å². The van der Waals surface area contributed by atoms with Crippen LogP contribution < -0.4 is 0 Å². The molecule has 1 aromatic carbocycles. The van der Waals surface area contributed by atoms with E-state index >= 15 is 0 Å². The van der Waals surface area contributed by atoms with Gasteiger partial charge in [0.2, 0.25) is 0 Å². The van der Waals surface area contributed by atoms with E-state index in [9.17, 15) is 0 Å².